The van der Waals surface area contributed by atoms with Crippen LogP contribution in [0.15, 0.2) is 42.0 Å². The SMILES string of the molecule is CC(C=O)=CC=C[C@@]1(C)C=Cc2cc(O)cc(C)c2O1. The average Bonchev–Trinajstić information content (AvgIpc) is 2.39. The van der Waals surface area contributed by atoms with E-state index >= 15 is 0 Å². The van der Waals surface area contributed by atoms with Gasteiger partial charge >= 0.3 is 0 Å². The zero-order valence-corrected chi connectivity index (χ0v) is 11.9. The number of carbonyl (C=O) groups is 1. The molecule has 0 saturated carbocycles. The highest BCUT2D eigenvalue weighted by atomic mass is 16.5. The second-order valence-electron chi connectivity index (χ2n) is 5.19. The number of aryl methyl sites for hydroxylation is 1. The molecule has 2 rings (SSSR count). The summed E-state index contributed by atoms with van der Waals surface area (Å²) < 4.78 is 6.02. The molecular weight excluding hydrogens is 252 g/mol. The molecule has 0 spiro atoms. The number of allylic oxidation sites excluding steroid dienone is 3. The van der Waals surface area contributed by atoms with E-state index in [0.717, 1.165) is 23.2 Å². The number of carbonyl (C=O) groups excluding carboxylic acids is 1. The molecule has 1 aliphatic heterocycles. The number of aromatic hydroxyl groups is 1. The Morgan fingerprint density at radius 1 is 1.40 bits per heavy atom. The molecule has 1 aliphatic rings. The number of fused-ring (bicyclic) bond motifs is 1. The Morgan fingerprint density at radius 3 is 2.85 bits per heavy atom. The summed E-state index contributed by atoms with van der Waals surface area (Å²) in [6.07, 6.45) is 10.1. The van der Waals surface area contributed by atoms with Gasteiger partial charge in [-0.05, 0) is 56.2 Å². The minimum atomic E-state index is -0.561. The molecule has 104 valence electrons. The van der Waals surface area contributed by atoms with Crippen LogP contribution in [0.5, 0.6) is 11.5 Å². The van der Waals surface area contributed by atoms with Crippen molar-refractivity contribution >= 4 is 12.4 Å². The van der Waals surface area contributed by atoms with Gasteiger partial charge in [0.2, 0.25) is 0 Å². The molecule has 0 amide bonds. The third-order valence-electron chi connectivity index (χ3n) is 3.18. The van der Waals surface area contributed by atoms with Crippen LogP contribution in [-0.2, 0) is 4.79 Å². The molecule has 0 aromatic heterocycles. The number of hydrogen-bond acceptors (Lipinski definition) is 3. The van der Waals surface area contributed by atoms with Crippen LogP contribution < -0.4 is 4.74 Å². The van der Waals surface area contributed by atoms with Crippen molar-refractivity contribution in [2.24, 2.45) is 0 Å². The third-order valence-corrected chi connectivity index (χ3v) is 3.18. The number of phenolic OH excluding ortho intramolecular Hbond substituents is 1. The Hall–Kier alpha value is -2.29. The Morgan fingerprint density at radius 2 is 2.15 bits per heavy atom. The molecule has 3 nitrogen and oxygen atoms in total. The van der Waals surface area contributed by atoms with Crippen molar-refractivity contribution in [1.82, 2.24) is 0 Å². The molecule has 20 heavy (non-hydrogen) atoms. The molecule has 0 bridgehead atoms. The molecule has 1 heterocycles. The Labute approximate surface area is 118 Å². The molecule has 1 aromatic carbocycles. The monoisotopic (exact) mass is 270 g/mol. The molecule has 0 radical (unpaired) electrons. The number of rotatable bonds is 3. The lowest BCUT2D eigenvalue weighted by Gasteiger charge is -2.30. The van der Waals surface area contributed by atoms with Crippen molar-refractivity contribution in [3.05, 3.63) is 53.1 Å². The topological polar surface area (TPSA) is 46.5 Å². The van der Waals surface area contributed by atoms with Gasteiger partial charge in [-0.2, -0.15) is 0 Å². The van der Waals surface area contributed by atoms with Gasteiger partial charge in [0, 0.05) is 5.56 Å². The zero-order valence-electron chi connectivity index (χ0n) is 11.9. The van der Waals surface area contributed by atoms with E-state index in [4.69, 9.17) is 4.74 Å². The number of phenols is 1. The molecule has 0 unspecified atom stereocenters. The molecule has 0 aliphatic carbocycles. The van der Waals surface area contributed by atoms with Crippen molar-refractivity contribution in [3.8, 4) is 11.5 Å². The van der Waals surface area contributed by atoms with Crippen LogP contribution in [-0.4, -0.2) is 17.0 Å². The molecule has 1 N–H and O–H groups in total. The molecule has 1 atom stereocenters. The fraction of sp³-hybridized carbons (Fsp3) is 0.235. The fourth-order valence-corrected chi connectivity index (χ4v) is 2.07. The Kier molecular flexibility index (Phi) is 3.79. The Bertz CT molecular complexity index is 623. The lowest BCUT2D eigenvalue weighted by Crippen LogP contribution is -2.29. The molecule has 0 fully saturated rings. The van der Waals surface area contributed by atoms with E-state index in [1.165, 1.54) is 0 Å². The molecule has 3 heteroatoms. The summed E-state index contributed by atoms with van der Waals surface area (Å²) in [6, 6.07) is 3.36. The van der Waals surface area contributed by atoms with Crippen molar-refractivity contribution < 1.29 is 14.6 Å². The van der Waals surface area contributed by atoms with Gasteiger partial charge in [-0.25, -0.2) is 0 Å². The van der Waals surface area contributed by atoms with Crippen LogP contribution >= 0.6 is 0 Å². The fourth-order valence-electron chi connectivity index (χ4n) is 2.07. The first-order valence-electron chi connectivity index (χ1n) is 6.47. The summed E-state index contributed by atoms with van der Waals surface area (Å²) in [4.78, 5) is 10.5. The van der Waals surface area contributed by atoms with Crippen molar-refractivity contribution in [3.63, 3.8) is 0 Å². The van der Waals surface area contributed by atoms with Crippen LogP contribution in [0.2, 0.25) is 0 Å². The smallest absolute Gasteiger partial charge is 0.145 e. The summed E-state index contributed by atoms with van der Waals surface area (Å²) in [5, 5.41) is 9.58. The first-order valence-corrected chi connectivity index (χ1v) is 6.47. The first-order chi connectivity index (χ1) is 9.43. The minimum Gasteiger partial charge on any atom is -0.508 e. The van der Waals surface area contributed by atoms with Gasteiger partial charge in [0.25, 0.3) is 0 Å². The highest BCUT2D eigenvalue weighted by molar-refractivity contribution is 5.72. The van der Waals surface area contributed by atoms with Gasteiger partial charge in [0.05, 0.1) is 0 Å². The number of hydrogen-bond donors (Lipinski definition) is 1. The lowest BCUT2D eigenvalue weighted by molar-refractivity contribution is -0.104. The summed E-state index contributed by atoms with van der Waals surface area (Å²) in [5.41, 5.74) is 1.86. The number of aldehydes is 1. The highest BCUT2D eigenvalue weighted by Gasteiger charge is 2.25. The van der Waals surface area contributed by atoms with Gasteiger partial charge in [0.1, 0.15) is 23.4 Å². The van der Waals surface area contributed by atoms with Crippen molar-refractivity contribution in [2.75, 3.05) is 0 Å². The van der Waals surface area contributed by atoms with Crippen LogP contribution in [0.3, 0.4) is 0 Å². The number of ether oxygens (including phenoxy) is 1. The maximum absolute atomic E-state index is 10.5. The third kappa shape index (κ3) is 2.99. The van der Waals surface area contributed by atoms with Crippen LogP contribution in [0.1, 0.15) is 25.0 Å². The van der Waals surface area contributed by atoms with Gasteiger partial charge in [-0.1, -0.05) is 18.2 Å². The molecule has 0 saturated heterocycles. The van der Waals surface area contributed by atoms with Gasteiger partial charge < -0.3 is 9.84 Å². The minimum absolute atomic E-state index is 0.234. The standard InChI is InChI=1S/C17H18O3/c1-12(11-18)5-4-7-17(3)8-6-14-10-15(19)9-13(2)16(14)20-17/h4-11,19H,1-3H3/t17-/m0/s1. The summed E-state index contributed by atoms with van der Waals surface area (Å²) in [7, 11) is 0. The number of benzene rings is 1. The lowest BCUT2D eigenvalue weighted by atomic mass is 9.97. The first kappa shape index (κ1) is 14.1. The van der Waals surface area contributed by atoms with E-state index in [0.29, 0.717) is 5.57 Å². The average molecular weight is 270 g/mol. The quantitative estimate of drug-likeness (QED) is 0.519. The van der Waals surface area contributed by atoms with E-state index in [9.17, 15) is 9.90 Å². The molecular formula is C17H18O3. The maximum atomic E-state index is 10.5. The van der Waals surface area contributed by atoms with E-state index in [2.05, 4.69) is 0 Å². The van der Waals surface area contributed by atoms with Crippen LogP contribution in [0, 0.1) is 6.92 Å². The summed E-state index contributed by atoms with van der Waals surface area (Å²) in [6.45, 7) is 5.59. The predicted molar refractivity (Wildman–Crippen MR) is 79.9 cm³/mol. The summed E-state index contributed by atoms with van der Waals surface area (Å²) >= 11 is 0. The highest BCUT2D eigenvalue weighted by Crippen LogP contribution is 2.36. The second kappa shape index (κ2) is 5.37. The maximum Gasteiger partial charge on any atom is 0.145 e. The van der Waals surface area contributed by atoms with Crippen molar-refractivity contribution in [2.45, 2.75) is 26.4 Å². The van der Waals surface area contributed by atoms with Gasteiger partial charge in [-0.3, -0.25) is 4.79 Å². The van der Waals surface area contributed by atoms with E-state index in [1.54, 1.807) is 25.1 Å². The van der Waals surface area contributed by atoms with E-state index in [1.807, 2.05) is 38.2 Å². The normalized spacial score (nSPS) is 21.6. The van der Waals surface area contributed by atoms with Gasteiger partial charge in [0.15, 0.2) is 0 Å². The Balaban J connectivity index is 2.29. The molecule has 1 aromatic rings. The van der Waals surface area contributed by atoms with Crippen molar-refractivity contribution in [1.29, 1.82) is 0 Å². The summed E-state index contributed by atoms with van der Waals surface area (Å²) in [5.74, 6) is 1.01. The van der Waals surface area contributed by atoms with Crippen LogP contribution in [0.4, 0.5) is 0 Å². The largest absolute Gasteiger partial charge is 0.508 e. The zero-order chi connectivity index (χ0) is 14.8. The van der Waals surface area contributed by atoms with E-state index in [-0.39, 0.29) is 5.75 Å². The second-order valence-corrected chi connectivity index (χ2v) is 5.19. The van der Waals surface area contributed by atoms with Gasteiger partial charge in [-0.15, -0.1) is 0 Å². The predicted octanol–water partition coefficient (Wildman–Crippen LogP) is 3.57. The van der Waals surface area contributed by atoms with E-state index < -0.39 is 5.60 Å². The van der Waals surface area contributed by atoms with Crippen LogP contribution in [0.25, 0.3) is 6.08 Å².